The highest BCUT2D eigenvalue weighted by Gasteiger charge is 2.27. The van der Waals surface area contributed by atoms with Crippen molar-refractivity contribution < 1.29 is 4.79 Å². The van der Waals surface area contributed by atoms with E-state index in [-0.39, 0.29) is 5.91 Å². The maximum absolute atomic E-state index is 13.6. The van der Waals surface area contributed by atoms with Crippen LogP contribution in [0.2, 0.25) is 0 Å². The summed E-state index contributed by atoms with van der Waals surface area (Å²) in [4.78, 5) is 20.0. The van der Waals surface area contributed by atoms with Gasteiger partial charge in [0, 0.05) is 45.8 Å². The molecule has 1 amide bonds. The molecule has 1 saturated carbocycles. The van der Waals surface area contributed by atoms with Crippen LogP contribution in [0.15, 0.2) is 59.6 Å². The molecule has 0 atom stereocenters. The van der Waals surface area contributed by atoms with Gasteiger partial charge in [-0.3, -0.25) is 4.79 Å². The molecule has 5 heteroatoms. The fourth-order valence-electron chi connectivity index (χ4n) is 6.09. The van der Waals surface area contributed by atoms with E-state index in [4.69, 9.17) is 4.99 Å². The van der Waals surface area contributed by atoms with Gasteiger partial charge in [0.1, 0.15) is 5.00 Å². The summed E-state index contributed by atoms with van der Waals surface area (Å²) in [6.07, 6.45) is 12.3. The number of aromatic nitrogens is 1. The first-order valence-electron chi connectivity index (χ1n) is 13.8. The van der Waals surface area contributed by atoms with Crippen molar-refractivity contribution in [2.75, 3.05) is 0 Å². The third-order valence-electron chi connectivity index (χ3n) is 8.09. The van der Waals surface area contributed by atoms with Crippen molar-refractivity contribution in [1.29, 1.82) is 0 Å². The van der Waals surface area contributed by atoms with Crippen LogP contribution in [0, 0.1) is 6.92 Å². The maximum Gasteiger partial charge on any atom is 0.254 e. The molecule has 6 rings (SSSR count). The van der Waals surface area contributed by atoms with Gasteiger partial charge >= 0.3 is 0 Å². The van der Waals surface area contributed by atoms with E-state index >= 15 is 0 Å². The zero-order valence-electron chi connectivity index (χ0n) is 21.6. The number of para-hydroxylation sites is 1. The summed E-state index contributed by atoms with van der Waals surface area (Å²) in [7, 11) is 0. The van der Waals surface area contributed by atoms with E-state index in [0.29, 0.717) is 6.04 Å². The first kappa shape index (κ1) is 24.2. The SMILES string of the molecule is Cc1c(/C=N\c2sc3c(c2C(=O)NC2CCCCC2)CCCC3)c2ccccc2n1Cc1ccccc1. The van der Waals surface area contributed by atoms with Crippen LogP contribution < -0.4 is 5.32 Å². The quantitative estimate of drug-likeness (QED) is 0.265. The Morgan fingerprint density at radius 3 is 2.59 bits per heavy atom. The van der Waals surface area contributed by atoms with Gasteiger partial charge < -0.3 is 9.88 Å². The zero-order valence-corrected chi connectivity index (χ0v) is 22.4. The second kappa shape index (κ2) is 10.7. The number of hydrogen-bond donors (Lipinski definition) is 1. The van der Waals surface area contributed by atoms with Gasteiger partial charge in [-0.1, -0.05) is 67.8 Å². The Morgan fingerprint density at radius 2 is 1.76 bits per heavy atom. The predicted octanol–water partition coefficient (Wildman–Crippen LogP) is 7.75. The van der Waals surface area contributed by atoms with Crippen LogP contribution in [0.3, 0.4) is 0 Å². The summed E-state index contributed by atoms with van der Waals surface area (Å²) in [5.74, 6) is 0.0849. The average Bonchev–Trinajstić information content (AvgIpc) is 3.43. The molecule has 2 aliphatic carbocycles. The topological polar surface area (TPSA) is 46.4 Å². The van der Waals surface area contributed by atoms with E-state index < -0.39 is 0 Å². The number of carbonyl (C=O) groups excluding carboxylic acids is 1. The fourth-order valence-corrected chi connectivity index (χ4v) is 7.33. The lowest BCUT2D eigenvalue weighted by Crippen LogP contribution is -2.36. The van der Waals surface area contributed by atoms with Crippen molar-refractivity contribution in [3.8, 4) is 0 Å². The number of carbonyl (C=O) groups is 1. The second-order valence-corrected chi connectivity index (χ2v) is 11.6. The number of rotatable bonds is 6. The Labute approximate surface area is 223 Å². The largest absolute Gasteiger partial charge is 0.349 e. The molecule has 0 saturated heterocycles. The number of aryl methyl sites for hydroxylation is 1. The van der Waals surface area contributed by atoms with E-state index in [0.717, 1.165) is 54.8 Å². The van der Waals surface area contributed by atoms with Crippen LogP contribution in [0.25, 0.3) is 10.9 Å². The van der Waals surface area contributed by atoms with Crippen LogP contribution in [0.5, 0.6) is 0 Å². The van der Waals surface area contributed by atoms with Crippen molar-refractivity contribution >= 4 is 39.4 Å². The first-order chi connectivity index (χ1) is 18.2. The van der Waals surface area contributed by atoms with Gasteiger partial charge in [-0.05, 0) is 62.6 Å². The Kier molecular flexibility index (Phi) is 6.97. The normalized spacial score (nSPS) is 16.4. The Bertz CT molecular complexity index is 1440. The van der Waals surface area contributed by atoms with E-state index in [9.17, 15) is 4.79 Å². The van der Waals surface area contributed by atoms with Gasteiger partial charge in [0.25, 0.3) is 5.91 Å². The summed E-state index contributed by atoms with van der Waals surface area (Å²) < 4.78 is 2.38. The zero-order chi connectivity index (χ0) is 25.2. The molecular formula is C32H35N3OS. The van der Waals surface area contributed by atoms with Gasteiger partial charge in [-0.2, -0.15) is 0 Å². The van der Waals surface area contributed by atoms with E-state index in [1.165, 1.54) is 58.3 Å². The summed E-state index contributed by atoms with van der Waals surface area (Å²) in [5, 5.41) is 5.45. The standard InChI is InChI=1S/C32H35N3OS/c1-22-27(25-16-8-10-18-28(25)35(22)21-23-12-4-2-5-13-23)20-33-32-30(26-17-9-11-19-29(26)37-32)31(36)34-24-14-6-3-7-15-24/h2,4-5,8,10,12-13,16,18,20,24H,3,6-7,9,11,14-15,17,19,21H2,1H3,(H,34,36)/b33-20-. The molecule has 4 nitrogen and oxygen atoms in total. The summed E-state index contributed by atoms with van der Waals surface area (Å²) in [6.45, 7) is 3.00. The third kappa shape index (κ3) is 4.89. The molecule has 2 aromatic carbocycles. The molecular weight excluding hydrogens is 474 g/mol. The van der Waals surface area contributed by atoms with E-state index in [1.54, 1.807) is 11.3 Å². The lowest BCUT2D eigenvalue weighted by Gasteiger charge is -2.23. The molecule has 4 aromatic rings. The predicted molar refractivity (Wildman–Crippen MR) is 155 cm³/mol. The minimum absolute atomic E-state index is 0.0849. The monoisotopic (exact) mass is 509 g/mol. The Morgan fingerprint density at radius 1 is 1.00 bits per heavy atom. The number of nitrogens with one attached hydrogen (secondary N) is 1. The third-order valence-corrected chi connectivity index (χ3v) is 9.29. The molecule has 1 fully saturated rings. The smallest absolute Gasteiger partial charge is 0.254 e. The molecule has 0 unspecified atom stereocenters. The molecule has 2 aromatic heterocycles. The fraction of sp³-hybridized carbons (Fsp3) is 0.375. The lowest BCUT2D eigenvalue weighted by molar-refractivity contribution is 0.0927. The second-order valence-electron chi connectivity index (χ2n) is 10.5. The van der Waals surface area contributed by atoms with Crippen LogP contribution >= 0.6 is 11.3 Å². The summed E-state index contributed by atoms with van der Waals surface area (Å²) >= 11 is 1.73. The van der Waals surface area contributed by atoms with E-state index in [2.05, 4.69) is 71.4 Å². The summed E-state index contributed by atoms with van der Waals surface area (Å²) in [6, 6.07) is 19.5. The highest BCUT2D eigenvalue weighted by Crippen LogP contribution is 2.40. The molecule has 2 aliphatic rings. The lowest BCUT2D eigenvalue weighted by atomic mass is 9.93. The molecule has 0 spiro atoms. The van der Waals surface area contributed by atoms with Crippen LogP contribution in [-0.2, 0) is 19.4 Å². The number of nitrogens with zero attached hydrogens (tertiary/aromatic N) is 2. The van der Waals surface area contributed by atoms with Gasteiger partial charge in [-0.25, -0.2) is 4.99 Å². The van der Waals surface area contributed by atoms with Gasteiger partial charge in [-0.15, -0.1) is 11.3 Å². The summed E-state index contributed by atoms with van der Waals surface area (Å²) in [5.41, 5.74) is 6.92. The number of fused-ring (bicyclic) bond motifs is 2. The number of aliphatic imine (C=N–C) groups is 1. The highest BCUT2D eigenvalue weighted by atomic mass is 32.1. The van der Waals surface area contributed by atoms with Crippen molar-refractivity contribution in [2.45, 2.75) is 77.3 Å². The van der Waals surface area contributed by atoms with Crippen molar-refractivity contribution in [3.05, 3.63) is 87.4 Å². The molecule has 1 N–H and O–H groups in total. The molecule has 190 valence electrons. The van der Waals surface area contributed by atoms with Crippen LogP contribution in [0.1, 0.15) is 82.6 Å². The van der Waals surface area contributed by atoms with Crippen LogP contribution in [0.4, 0.5) is 5.00 Å². The molecule has 2 heterocycles. The van der Waals surface area contributed by atoms with E-state index in [1.807, 2.05) is 6.21 Å². The van der Waals surface area contributed by atoms with Crippen molar-refractivity contribution in [2.24, 2.45) is 4.99 Å². The molecule has 37 heavy (non-hydrogen) atoms. The Hall–Kier alpha value is -3.18. The average molecular weight is 510 g/mol. The maximum atomic E-state index is 13.6. The van der Waals surface area contributed by atoms with Gasteiger partial charge in [0.2, 0.25) is 0 Å². The highest BCUT2D eigenvalue weighted by molar-refractivity contribution is 7.16. The number of hydrogen-bond acceptors (Lipinski definition) is 3. The van der Waals surface area contributed by atoms with Gasteiger partial charge in [0.05, 0.1) is 5.56 Å². The number of amides is 1. The minimum atomic E-state index is 0.0849. The Balaban J connectivity index is 1.37. The van der Waals surface area contributed by atoms with Crippen molar-refractivity contribution in [3.63, 3.8) is 0 Å². The first-order valence-corrected chi connectivity index (χ1v) is 14.6. The molecule has 0 radical (unpaired) electrons. The van der Waals surface area contributed by atoms with Crippen LogP contribution in [-0.4, -0.2) is 22.7 Å². The number of benzene rings is 2. The number of thiophene rings is 1. The minimum Gasteiger partial charge on any atom is -0.349 e. The molecule has 0 aliphatic heterocycles. The van der Waals surface area contributed by atoms with Crippen molar-refractivity contribution in [1.82, 2.24) is 9.88 Å². The van der Waals surface area contributed by atoms with Gasteiger partial charge in [0.15, 0.2) is 0 Å². The molecule has 0 bridgehead atoms.